The van der Waals surface area contributed by atoms with Gasteiger partial charge in [0.25, 0.3) is 5.91 Å². The first-order valence-electron chi connectivity index (χ1n) is 11.4. The highest BCUT2D eigenvalue weighted by Crippen LogP contribution is 2.47. The van der Waals surface area contributed by atoms with E-state index in [1.807, 2.05) is 69.3 Å². The largest absolute Gasteiger partial charge is 0.497 e. The predicted molar refractivity (Wildman–Crippen MR) is 145 cm³/mol. The highest BCUT2D eigenvalue weighted by Gasteiger charge is 2.26. The topological polar surface area (TPSA) is 96.4 Å². The number of hydrogen-bond donors (Lipinski definition) is 2. The molecule has 36 heavy (non-hydrogen) atoms. The molecule has 0 saturated carbocycles. The van der Waals surface area contributed by atoms with Gasteiger partial charge in [0, 0.05) is 11.1 Å². The van der Waals surface area contributed by atoms with Crippen LogP contribution in [0, 0.1) is 25.7 Å². The summed E-state index contributed by atoms with van der Waals surface area (Å²) >= 11 is 1.46. The minimum atomic E-state index is -0.289. The number of aromatic nitrogens is 2. The maximum Gasteiger partial charge on any atom is 0.257 e. The Balaban J connectivity index is 1.74. The molecule has 0 unspecified atom stereocenters. The second kappa shape index (κ2) is 9.39. The van der Waals surface area contributed by atoms with E-state index in [9.17, 15) is 9.70 Å². The average molecular weight is 497 g/mol. The molecule has 0 aliphatic heterocycles. The molecule has 0 aliphatic carbocycles. The number of fused-ring (bicyclic) bond motifs is 1. The number of aryl methyl sites for hydroxylation is 3. The van der Waals surface area contributed by atoms with Crippen molar-refractivity contribution in [2.45, 2.75) is 20.8 Å². The predicted octanol–water partition coefficient (Wildman–Crippen LogP) is 7.54. The fourth-order valence-electron chi connectivity index (χ4n) is 4.37. The van der Waals surface area contributed by atoms with Gasteiger partial charge in [-0.3, -0.25) is 4.79 Å². The molecule has 7 nitrogen and oxygen atoms in total. The summed E-state index contributed by atoms with van der Waals surface area (Å²) < 4.78 is 6.30. The van der Waals surface area contributed by atoms with Crippen molar-refractivity contribution in [3.63, 3.8) is 0 Å². The van der Waals surface area contributed by atoms with Crippen LogP contribution < -0.4 is 10.1 Å². The number of carbonyl (C=O) groups is 1. The SMILES string of the molecule is COc1ccc2nc(-c3c(NC(=O)c4ccccc4C)[nH]c(N=O)c3-c3ccc(C)cc3C)sc2c1. The number of ether oxygens (including phenoxy) is 1. The van der Waals surface area contributed by atoms with Gasteiger partial charge in [0.15, 0.2) is 5.82 Å². The Labute approximate surface area is 212 Å². The lowest BCUT2D eigenvalue weighted by Crippen LogP contribution is -2.14. The van der Waals surface area contributed by atoms with Gasteiger partial charge in [0.05, 0.1) is 22.9 Å². The van der Waals surface area contributed by atoms with Crippen molar-refractivity contribution < 1.29 is 9.53 Å². The zero-order valence-corrected chi connectivity index (χ0v) is 21.1. The van der Waals surface area contributed by atoms with Crippen molar-refractivity contribution in [3.8, 4) is 27.4 Å². The van der Waals surface area contributed by atoms with E-state index in [4.69, 9.17) is 9.72 Å². The third-order valence-electron chi connectivity index (χ3n) is 6.16. The fraction of sp³-hybridized carbons (Fsp3) is 0.143. The molecule has 0 aliphatic rings. The average Bonchev–Trinajstić information content (AvgIpc) is 3.44. The number of methoxy groups -OCH3 is 1. The summed E-state index contributed by atoms with van der Waals surface area (Å²) in [6, 6.07) is 19.0. The van der Waals surface area contributed by atoms with Crippen LogP contribution >= 0.6 is 11.3 Å². The Hall–Kier alpha value is -4.30. The lowest BCUT2D eigenvalue weighted by molar-refractivity contribution is 0.102. The van der Waals surface area contributed by atoms with E-state index in [0.29, 0.717) is 27.5 Å². The van der Waals surface area contributed by atoms with Crippen LogP contribution in [0.5, 0.6) is 5.75 Å². The monoisotopic (exact) mass is 496 g/mol. The van der Waals surface area contributed by atoms with Crippen molar-refractivity contribution in [3.05, 3.63) is 87.8 Å². The van der Waals surface area contributed by atoms with Crippen LogP contribution in [-0.4, -0.2) is 23.0 Å². The Bertz CT molecular complexity index is 1630. The van der Waals surface area contributed by atoms with Gasteiger partial charge < -0.3 is 15.0 Å². The van der Waals surface area contributed by atoms with E-state index < -0.39 is 0 Å². The summed E-state index contributed by atoms with van der Waals surface area (Å²) in [7, 11) is 1.62. The van der Waals surface area contributed by atoms with Crippen LogP contribution in [0.3, 0.4) is 0 Å². The number of benzene rings is 3. The summed E-state index contributed by atoms with van der Waals surface area (Å²) in [6.45, 7) is 5.88. The van der Waals surface area contributed by atoms with Crippen LogP contribution in [-0.2, 0) is 0 Å². The molecule has 180 valence electrons. The number of H-pyrrole nitrogens is 1. The van der Waals surface area contributed by atoms with Gasteiger partial charge in [-0.1, -0.05) is 42.0 Å². The van der Waals surface area contributed by atoms with Gasteiger partial charge in [-0.05, 0) is 66.9 Å². The molecule has 2 aromatic heterocycles. The molecule has 0 bridgehead atoms. The third-order valence-corrected chi connectivity index (χ3v) is 7.20. The van der Waals surface area contributed by atoms with E-state index in [1.54, 1.807) is 13.2 Å². The Morgan fingerprint density at radius 3 is 2.53 bits per heavy atom. The minimum Gasteiger partial charge on any atom is -0.497 e. The number of rotatable bonds is 6. The van der Waals surface area contributed by atoms with Crippen LogP contribution in [0.25, 0.3) is 31.9 Å². The van der Waals surface area contributed by atoms with Gasteiger partial charge in [-0.2, -0.15) is 0 Å². The normalized spacial score (nSPS) is 11.0. The first-order chi connectivity index (χ1) is 17.4. The first-order valence-corrected chi connectivity index (χ1v) is 12.2. The van der Waals surface area contributed by atoms with E-state index in [2.05, 4.69) is 21.5 Å². The molecule has 3 aromatic carbocycles. The number of hydrogen-bond acceptors (Lipinski definition) is 6. The summed E-state index contributed by atoms with van der Waals surface area (Å²) in [5.41, 5.74) is 6.34. The fourth-order valence-corrected chi connectivity index (χ4v) is 5.42. The molecule has 1 amide bonds. The van der Waals surface area contributed by atoms with E-state index in [1.165, 1.54) is 11.3 Å². The second-order valence-corrected chi connectivity index (χ2v) is 9.66. The quantitative estimate of drug-likeness (QED) is 0.237. The standard InChI is InChI=1S/C28H24N4O3S/c1-15-9-11-19(17(3)13-15)23-24(28-29-21-12-10-18(35-4)14-22(21)36-28)25(30-26(23)32-34)31-27(33)20-8-6-5-7-16(20)2/h5-14,30H,1-4H3,(H,31,33). The summed E-state index contributed by atoms with van der Waals surface area (Å²) in [6.07, 6.45) is 0. The van der Waals surface area contributed by atoms with E-state index in [-0.39, 0.29) is 11.7 Å². The number of nitroso groups, excluding NO2 is 1. The Morgan fingerprint density at radius 1 is 1.00 bits per heavy atom. The summed E-state index contributed by atoms with van der Waals surface area (Å²) in [5.74, 6) is 0.945. The Morgan fingerprint density at radius 2 is 1.81 bits per heavy atom. The zero-order chi connectivity index (χ0) is 25.4. The van der Waals surface area contributed by atoms with E-state index in [0.717, 1.165) is 38.2 Å². The number of aromatic amines is 1. The molecule has 0 saturated heterocycles. The molecule has 0 atom stereocenters. The smallest absolute Gasteiger partial charge is 0.257 e. The van der Waals surface area contributed by atoms with Crippen molar-refractivity contribution >= 4 is 39.1 Å². The van der Waals surface area contributed by atoms with Gasteiger partial charge in [-0.15, -0.1) is 16.2 Å². The summed E-state index contributed by atoms with van der Waals surface area (Å²) in [5, 5.41) is 6.93. The minimum absolute atomic E-state index is 0.133. The number of anilines is 1. The van der Waals surface area contributed by atoms with Crippen molar-refractivity contribution in [1.29, 1.82) is 0 Å². The van der Waals surface area contributed by atoms with Crippen LogP contribution in [0.1, 0.15) is 27.0 Å². The molecule has 8 heteroatoms. The molecule has 5 aromatic rings. The lowest BCUT2D eigenvalue weighted by Gasteiger charge is -2.10. The molecular formula is C28H24N4O3S. The van der Waals surface area contributed by atoms with Gasteiger partial charge in [-0.25, -0.2) is 4.98 Å². The van der Waals surface area contributed by atoms with Crippen LogP contribution in [0.2, 0.25) is 0 Å². The second-order valence-electron chi connectivity index (χ2n) is 8.63. The van der Waals surface area contributed by atoms with Crippen LogP contribution in [0.15, 0.2) is 65.8 Å². The highest BCUT2D eigenvalue weighted by atomic mass is 32.1. The molecule has 2 N–H and O–H groups in total. The van der Waals surface area contributed by atoms with Crippen molar-refractivity contribution in [2.75, 3.05) is 12.4 Å². The molecule has 5 rings (SSSR count). The third kappa shape index (κ3) is 4.16. The lowest BCUT2D eigenvalue weighted by atomic mass is 9.97. The molecule has 2 heterocycles. The highest BCUT2D eigenvalue weighted by molar-refractivity contribution is 7.21. The van der Waals surface area contributed by atoms with Crippen molar-refractivity contribution in [2.24, 2.45) is 5.18 Å². The van der Waals surface area contributed by atoms with E-state index >= 15 is 0 Å². The number of thiazole rings is 1. The van der Waals surface area contributed by atoms with Crippen LogP contribution in [0.4, 0.5) is 11.6 Å². The van der Waals surface area contributed by atoms with Gasteiger partial charge in [0.2, 0.25) is 0 Å². The van der Waals surface area contributed by atoms with Crippen molar-refractivity contribution in [1.82, 2.24) is 9.97 Å². The number of amides is 1. The molecule has 0 spiro atoms. The maximum absolute atomic E-state index is 13.3. The molecular weight excluding hydrogens is 472 g/mol. The zero-order valence-electron chi connectivity index (χ0n) is 20.3. The first kappa shape index (κ1) is 23.4. The number of carbonyl (C=O) groups excluding carboxylic acids is 1. The Kier molecular flexibility index (Phi) is 6.12. The maximum atomic E-state index is 13.3. The molecule has 0 radical (unpaired) electrons. The molecule has 0 fully saturated rings. The number of nitrogens with zero attached hydrogens (tertiary/aromatic N) is 2. The van der Waals surface area contributed by atoms with Gasteiger partial charge >= 0.3 is 0 Å². The summed E-state index contributed by atoms with van der Waals surface area (Å²) in [4.78, 5) is 33.2. The van der Waals surface area contributed by atoms with Gasteiger partial charge in [0.1, 0.15) is 16.6 Å². The number of nitrogens with one attached hydrogen (secondary N) is 2.